The zero-order chi connectivity index (χ0) is 14.5. The van der Waals surface area contributed by atoms with Crippen LogP contribution in [-0.2, 0) is 4.84 Å². The van der Waals surface area contributed by atoms with E-state index in [1.54, 1.807) is 31.3 Å². The van der Waals surface area contributed by atoms with Crippen molar-refractivity contribution in [1.29, 1.82) is 0 Å². The topological polar surface area (TPSA) is 61.8 Å². The highest BCUT2D eigenvalue weighted by Crippen LogP contribution is 2.12. The van der Waals surface area contributed by atoms with Crippen LogP contribution in [0, 0.1) is 5.92 Å². The summed E-state index contributed by atoms with van der Waals surface area (Å²) >= 11 is 5.08. The number of hydroxylamine groups is 2. The summed E-state index contributed by atoms with van der Waals surface area (Å²) in [5.74, 6) is -0.487. The average molecular weight is 294 g/mol. The van der Waals surface area contributed by atoms with Crippen molar-refractivity contribution in [3.05, 3.63) is 35.9 Å². The number of aliphatic hydroxyl groups excluding tert-OH is 1. The van der Waals surface area contributed by atoms with Gasteiger partial charge in [-0.3, -0.25) is 0 Å². The number of hydrogen-bond acceptors (Lipinski definition) is 6. The van der Waals surface area contributed by atoms with Gasteiger partial charge in [-0.15, -0.1) is 5.06 Å². The van der Waals surface area contributed by atoms with E-state index in [2.05, 4.69) is 5.32 Å². The van der Waals surface area contributed by atoms with Gasteiger partial charge in [0.15, 0.2) is 0 Å². The molecule has 108 valence electrons. The van der Waals surface area contributed by atoms with Crippen molar-refractivity contribution in [3.8, 4) is 0 Å². The van der Waals surface area contributed by atoms with Gasteiger partial charge in [-0.1, -0.05) is 30.4 Å². The van der Waals surface area contributed by atoms with Crippen LogP contribution in [0.4, 0.5) is 0 Å². The predicted molar refractivity (Wildman–Crippen MR) is 79.5 cm³/mol. The SMILES string of the molecule is CN(C[C@H]1CNCC(=S)[C@H]1O)OC(=O)c1ccccc1. The lowest BCUT2D eigenvalue weighted by Gasteiger charge is -2.31. The van der Waals surface area contributed by atoms with Crippen LogP contribution in [0.2, 0.25) is 0 Å². The number of nitrogens with zero attached hydrogens (tertiary/aromatic N) is 1. The molecule has 0 bridgehead atoms. The van der Waals surface area contributed by atoms with E-state index in [-0.39, 0.29) is 5.92 Å². The van der Waals surface area contributed by atoms with Gasteiger partial charge in [-0.25, -0.2) is 4.79 Å². The van der Waals surface area contributed by atoms with Crippen LogP contribution in [0.25, 0.3) is 0 Å². The molecule has 1 aromatic carbocycles. The second kappa shape index (κ2) is 6.90. The number of thiocarbonyl (C=S) groups is 1. The van der Waals surface area contributed by atoms with Crippen molar-refractivity contribution in [3.63, 3.8) is 0 Å². The molecule has 0 amide bonds. The van der Waals surface area contributed by atoms with Crippen molar-refractivity contribution >= 4 is 23.1 Å². The van der Waals surface area contributed by atoms with Gasteiger partial charge in [0, 0.05) is 37.5 Å². The van der Waals surface area contributed by atoms with Crippen LogP contribution in [0.5, 0.6) is 0 Å². The summed E-state index contributed by atoms with van der Waals surface area (Å²) in [5.41, 5.74) is 0.497. The molecule has 0 radical (unpaired) electrons. The maximum absolute atomic E-state index is 11.9. The summed E-state index contributed by atoms with van der Waals surface area (Å²) in [5, 5.41) is 14.6. The van der Waals surface area contributed by atoms with Crippen molar-refractivity contribution in [2.45, 2.75) is 6.10 Å². The first-order valence-corrected chi connectivity index (χ1v) is 6.88. The molecule has 2 N–H and O–H groups in total. The van der Waals surface area contributed by atoms with Gasteiger partial charge in [0.1, 0.15) is 0 Å². The van der Waals surface area contributed by atoms with Gasteiger partial charge in [0.25, 0.3) is 0 Å². The van der Waals surface area contributed by atoms with Gasteiger partial charge in [0.05, 0.1) is 11.7 Å². The molecule has 1 aliphatic heterocycles. The smallest absolute Gasteiger partial charge is 0.357 e. The lowest BCUT2D eigenvalue weighted by molar-refractivity contribution is -0.104. The number of carbonyl (C=O) groups excluding carboxylic acids is 1. The number of rotatable bonds is 4. The molecule has 0 unspecified atom stereocenters. The Balaban J connectivity index is 1.87. The maximum Gasteiger partial charge on any atom is 0.357 e. The van der Waals surface area contributed by atoms with Crippen LogP contribution >= 0.6 is 12.2 Å². The molecule has 1 saturated heterocycles. The van der Waals surface area contributed by atoms with E-state index in [4.69, 9.17) is 17.1 Å². The minimum atomic E-state index is -0.635. The number of hydrogen-bond donors (Lipinski definition) is 2. The van der Waals surface area contributed by atoms with E-state index < -0.39 is 12.1 Å². The fourth-order valence-corrected chi connectivity index (χ4v) is 2.45. The number of aliphatic hydroxyl groups is 1. The van der Waals surface area contributed by atoms with Crippen molar-refractivity contribution in [2.75, 3.05) is 26.7 Å². The molecule has 0 spiro atoms. The van der Waals surface area contributed by atoms with Gasteiger partial charge in [0.2, 0.25) is 0 Å². The minimum absolute atomic E-state index is 0.0789. The van der Waals surface area contributed by atoms with Crippen LogP contribution in [0.1, 0.15) is 10.4 Å². The van der Waals surface area contributed by atoms with Crippen molar-refractivity contribution < 1.29 is 14.7 Å². The Labute approximate surface area is 123 Å². The lowest BCUT2D eigenvalue weighted by atomic mass is 9.96. The Bertz CT molecular complexity index is 481. The zero-order valence-corrected chi connectivity index (χ0v) is 12.1. The number of piperidine rings is 1. The van der Waals surface area contributed by atoms with Crippen LogP contribution < -0.4 is 5.32 Å². The summed E-state index contributed by atoms with van der Waals surface area (Å²) in [6.07, 6.45) is -0.635. The van der Waals surface area contributed by atoms with E-state index in [0.717, 1.165) is 0 Å². The molecule has 0 aromatic heterocycles. The maximum atomic E-state index is 11.9. The molecule has 0 saturated carbocycles. The number of nitrogens with one attached hydrogen (secondary N) is 1. The average Bonchev–Trinajstić information content (AvgIpc) is 2.45. The minimum Gasteiger partial charge on any atom is -0.387 e. The first kappa shape index (κ1) is 15.1. The number of benzene rings is 1. The van der Waals surface area contributed by atoms with Gasteiger partial charge >= 0.3 is 5.97 Å². The molecule has 1 heterocycles. The number of carbonyl (C=O) groups is 1. The summed E-state index contributed by atoms with van der Waals surface area (Å²) < 4.78 is 0. The summed E-state index contributed by atoms with van der Waals surface area (Å²) in [6, 6.07) is 8.80. The fourth-order valence-electron chi connectivity index (χ4n) is 2.16. The Hall–Kier alpha value is -1.34. The van der Waals surface area contributed by atoms with E-state index in [9.17, 15) is 9.90 Å². The highest BCUT2D eigenvalue weighted by molar-refractivity contribution is 7.80. The second-order valence-corrected chi connectivity index (χ2v) is 5.38. The molecule has 1 aliphatic rings. The van der Waals surface area contributed by atoms with Gasteiger partial charge < -0.3 is 15.3 Å². The van der Waals surface area contributed by atoms with Crippen LogP contribution in [0.15, 0.2) is 30.3 Å². The molecule has 5 nitrogen and oxygen atoms in total. The predicted octanol–water partition coefficient (Wildman–Crippen LogP) is 0.640. The van der Waals surface area contributed by atoms with E-state index in [1.807, 2.05) is 6.07 Å². The summed E-state index contributed by atoms with van der Waals surface area (Å²) in [6.45, 7) is 1.63. The fraction of sp³-hybridized carbons (Fsp3) is 0.429. The molecule has 1 aromatic rings. The van der Waals surface area contributed by atoms with E-state index in [0.29, 0.717) is 30.1 Å². The summed E-state index contributed by atoms with van der Waals surface area (Å²) in [4.78, 5) is 17.7. The monoisotopic (exact) mass is 294 g/mol. The molecule has 2 atom stereocenters. The molecule has 1 fully saturated rings. The van der Waals surface area contributed by atoms with E-state index >= 15 is 0 Å². The van der Waals surface area contributed by atoms with Crippen molar-refractivity contribution in [1.82, 2.24) is 10.4 Å². The first-order valence-electron chi connectivity index (χ1n) is 6.48. The quantitative estimate of drug-likeness (QED) is 0.628. The van der Waals surface area contributed by atoms with Gasteiger partial charge in [-0.05, 0) is 12.1 Å². The van der Waals surface area contributed by atoms with Crippen molar-refractivity contribution in [2.24, 2.45) is 5.92 Å². The highest BCUT2D eigenvalue weighted by atomic mass is 32.1. The zero-order valence-electron chi connectivity index (χ0n) is 11.3. The Morgan fingerprint density at radius 2 is 2.20 bits per heavy atom. The van der Waals surface area contributed by atoms with E-state index in [1.165, 1.54) is 5.06 Å². The van der Waals surface area contributed by atoms with Crippen LogP contribution in [-0.4, -0.2) is 53.8 Å². The third-order valence-corrected chi connectivity index (χ3v) is 3.61. The third kappa shape index (κ3) is 3.83. The van der Waals surface area contributed by atoms with Gasteiger partial charge in [-0.2, -0.15) is 0 Å². The second-order valence-electron chi connectivity index (χ2n) is 4.86. The lowest BCUT2D eigenvalue weighted by Crippen LogP contribution is -2.50. The van der Waals surface area contributed by atoms with Crippen LogP contribution in [0.3, 0.4) is 0 Å². The Morgan fingerprint density at radius 1 is 1.50 bits per heavy atom. The Kier molecular flexibility index (Phi) is 5.19. The third-order valence-electron chi connectivity index (χ3n) is 3.22. The molecule has 0 aliphatic carbocycles. The normalized spacial score (nSPS) is 22.9. The molecular formula is C14H18N2O3S. The first-order chi connectivity index (χ1) is 9.58. The summed E-state index contributed by atoms with van der Waals surface area (Å²) in [7, 11) is 1.67. The molecule has 20 heavy (non-hydrogen) atoms. The highest BCUT2D eigenvalue weighted by Gasteiger charge is 2.28. The standard InChI is InChI=1S/C14H18N2O3S/c1-16(9-11-7-15-8-12(20)13(11)17)19-14(18)10-5-3-2-4-6-10/h2-6,11,13,15,17H,7-9H2,1H3/t11-,13+/m1/s1. The largest absolute Gasteiger partial charge is 0.387 e. The Morgan fingerprint density at radius 3 is 2.90 bits per heavy atom. The molecule has 2 rings (SSSR count). The molecular weight excluding hydrogens is 276 g/mol. The molecule has 6 heteroatoms.